The third kappa shape index (κ3) is 7.69. The minimum atomic E-state index is -4.25. The van der Waals surface area contributed by atoms with E-state index in [2.05, 4.69) is 10.1 Å². The predicted octanol–water partition coefficient (Wildman–Crippen LogP) is 2.44. The molecule has 1 aliphatic carbocycles. The van der Waals surface area contributed by atoms with Crippen molar-refractivity contribution in [1.82, 2.24) is 5.32 Å². The molecule has 0 unspecified atom stereocenters. The summed E-state index contributed by atoms with van der Waals surface area (Å²) in [4.78, 5) is 10.8. The zero-order chi connectivity index (χ0) is 15.0. The molecule has 0 saturated heterocycles. The third-order valence-electron chi connectivity index (χ3n) is 3.54. The second-order valence-corrected chi connectivity index (χ2v) is 5.28. The highest BCUT2D eigenvalue weighted by Gasteiger charge is 2.27. The van der Waals surface area contributed by atoms with Crippen LogP contribution in [0.15, 0.2) is 0 Å². The summed E-state index contributed by atoms with van der Waals surface area (Å²) >= 11 is 0. The summed E-state index contributed by atoms with van der Waals surface area (Å²) in [5.74, 6) is -0.443. The Hall–Kier alpha value is -0.820. The molecule has 7 heteroatoms. The van der Waals surface area contributed by atoms with Crippen LogP contribution in [0.3, 0.4) is 0 Å². The van der Waals surface area contributed by atoms with Crippen LogP contribution < -0.4 is 5.32 Å². The van der Waals surface area contributed by atoms with E-state index in [1.807, 2.05) is 0 Å². The van der Waals surface area contributed by atoms with E-state index in [0.29, 0.717) is 18.9 Å². The van der Waals surface area contributed by atoms with E-state index in [-0.39, 0.29) is 12.5 Å². The first kappa shape index (κ1) is 17.2. The minimum absolute atomic E-state index is 0.0955. The van der Waals surface area contributed by atoms with Crippen LogP contribution in [-0.4, -0.2) is 43.6 Å². The third-order valence-corrected chi connectivity index (χ3v) is 3.54. The van der Waals surface area contributed by atoms with Gasteiger partial charge in [-0.05, 0) is 51.1 Å². The van der Waals surface area contributed by atoms with Crippen molar-refractivity contribution in [3.05, 3.63) is 0 Å². The Morgan fingerprint density at radius 3 is 2.45 bits per heavy atom. The SMILES string of the molecule is O=C(O)C1CCC(CNCCCOCC(F)(F)F)CC1. The second-order valence-electron chi connectivity index (χ2n) is 5.28. The van der Waals surface area contributed by atoms with Crippen molar-refractivity contribution >= 4 is 5.97 Å². The quantitative estimate of drug-likeness (QED) is 0.676. The Bertz CT molecular complexity index is 289. The lowest BCUT2D eigenvalue weighted by Gasteiger charge is -2.26. The maximum absolute atomic E-state index is 11.8. The van der Waals surface area contributed by atoms with Crippen molar-refractivity contribution in [2.45, 2.75) is 38.3 Å². The molecule has 118 valence electrons. The average molecular weight is 297 g/mol. The molecule has 0 aromatic heterocycles. The van der Waals surface area contributed by atoms with Gasteiger partial charge >= 0.3 is 12.1 Å². The topological polar surface area (TPSA) is 58.6 Å². The second kappa shape index (κ2) is 8.46. The normalized spacial score (nSPS) is 23.8. The summed E-state index contributed by atoms with van der Waals surface area (Å²) in [5, 5.41) is 12.1. The zero-order valence-electron chi connectivity index (χ0n) is 11.4. The van der Waals surface area contributed by atoms with E-state index in [0.717, 1.165) is 32.2 Å². The molecule has 1 aliphatic rings. The van der Waals surface area contributed by atoms with Gasteiger partial charge in [-0.25, -0.2) is 0 Å². The molecule has 0 heterocycles. The predicted molar refractivity (Wildman–Crippen MR) is 67.4 cm³/mol. The molecule has 0 bridgehead atoms. The molecular formula is C13H22F3NO3. The molecule has 0 aliphatic heterocycles. The van der Waals surface area contributed by atoms with Gasteiger partial charge < -0.3 is 15.2 Å². The number of carbonyl (C=O) groups is 1. The Morgan fingerprint density at radius 2 is 1.90 bits per heavy atom. The van der Waals surface area contributed by atoms with Gasteiger partial charge in [0.15, 0.2) is 0 Å². The standard InChI is InChI=1S/C13H22F3NO3/c14-13(15,16)9-20-7-1-6-17-8-10-2-4-11(5-3-10)12(18)19/h10-11,17H,1-9H2,(H,18,19). The summed E-state index contributed by atoms with van der Waals surface area (Å²) in [6.07, 6.45) is -0.480. The molecule has 1 rings (SSSR count). The van der Waals surface area contributed by atoms with Gasteiger partial charge in [0.1, 0.15) is 6.61 Å². The van der Waals surface area contributed by atoms with Crippen molar-refractivity contribution in [2.24, 2.45) is 11.8 Å². The maximum Gasteiger partial charge on any atom is 0.411 e. The fraction of sp³-hybridized carbons (Fsp3) is 0.923. The molecule has 0 radical (unpaired) electrons. The van der Waals surface area contributed by atoms with Crippen LogP contribution in [0.4, 0.5) is 13.2 Å². The van der Waals surface area contributed by atoms with Crippen LogP contribution in [0.25, 0.3) is 0 Å². The maximum atomic E-state index is 11.8. The fourth-order valence-corrected chi connectivity index (χ4v) is 2.41. The van der Waals surface area contributed by atoms with E-state index in [1.165, 1.54) is 0 Å². The summed E-state index contributed by atoms with van der Waals surface area (Å²) < 4.78 is 39.8. The van der Waals surface area contributed by atoms with Crippen LogP contribution in [-0.2, 0) is 9.53 Å². The molecule has 1 saturated carbocycles. The van der Waals surface area contributed by atoms with Crippen molar-refractivity contribution < 1.29 is 27.8 Å². The first-order valence-electron chi connectivity index (χ1n) is 6.96. The van der Waals surface area contributed by atoms with Gasteiger partial charge in [0.25, 0.3) is 0 Å². The number of halogens is 3. The van der Waals surface area contributed by atoms with Crippen molar-refractivity contribution in [1.29, 1.82) is 0 Å². The summed E-state index contributed by atoms with van der Waals surface area (Å²) in [6.45, 7) is 0.326. The number of alkyl halides is 3. The Kier molecular flexibility index (Phi) is 7.29. The van der Waals surface area contributed by atoms with Crippen LogP contribution in [0, 0.1) is 11.8 Å². The number of hydrogen-bond acceptors (Lipinski definition) is 3. The molecule has 0 spiro atoms. The van der Waals surface area contributed by atoms with Crippen LogP contribution in [0.5, 0.6) is 0 Å². The van der Waals surface area contributed by atoms with Gasteiger partial charge in [-0.3, -0.25) is 4.79 Å². The molecular weight excluding hydrogens is 275 g/mol. The molecule has 0 aromatic carbocycles. The van der Waals surface area contributed by atoms with Gasteiger partial charge in [-0.15, -0.1) is 0 Å². The first-order chi connectivity index (χ1) is 9.38. The van der Waals surface area contributed by atoms with Gasteiger partial charge in [0.05, 0.1) is 5.92 Å². The Labute approximate surface area is 116 Å². The minimum Gasteiger partial charge on any atom is -0.481 e. The molecule has 2 N–H and O–H groups in total. The number of ether oxygens (including phenoxy) is 1. The largest absolute Gasteiger partial charge is 0.481 e. The number of carboxylic acid groups (broad SMARTS) is 1. The summed E-state index contributed by atoms with van der Waals surface area (Å²) in [7, 11) is 0. The number of hydrogen-bond donors (Lipinski definition) is 2. The Morgan fingerprint density at radius 1 is 1.25 bits per heavy atom. The molecule has 20 heavy (non-hydrogen) atoms. The van der Waals surface area contributed by atoms with Crippen molar-refractivity contribution in [2.75, 3.05) is 26.3 Å². The highest BCUT2D eigenvalue weighted by atomic mass is 19.4. The van der Waals surface area contributed by atoms with Gasteiger partial charge in [-0.1, -0.05) is 0 Å². The van der Waals surface area contributed by atoms with Gasteiger partial charge in [0, 0.05) is 6.61 Å². The van der Waals surface area contributed by atoms with Crippen molar-refractivity contribution in [3.63, 3.8) is 0 Å². The molecule has 0 amide bonds. The van der Waals surface area contributed by atoms with Gasteiger partial charge in [-0.2, -0.15) is 13.2 Å². The van der Waals surface area contributed by atoms with E-state index in [1.54, 1.807) is 0 Å². The number of aliphatic carboxylic acids is 1. The van der Waals surface area contributed by atoms with Crippen molar-refractivity contribution in [3.8, 4) is 0 Å². The number of nitrogens with one attached hydrogen (secondary N) is 1. The van der Waals surface area contributed by atoms with E-state index < -0.39 is 18.8 Å². The van der Waals surface area contributed by atoms with E-state index in [4.69, 9.17) is 5.11 Å². The summed E-state index contributed by atoms with van der Waals surface area (Å²) in [6, 6.07) is 0. The lowest BCUT2D eigenvalue weighted by Crippen LogP contribution is -2.29. The highest BCUT2D eigenvalue weighted by molar-refractivity contribution is 5.69. The average Bonchev–Trinajstić information content (AvgIpc) is 2.37. The highest BCUT2D eigenvalue weighted by Crippen LogP contribution is 2.28. The van der Waals surface area contributed by atoms with E-state index >= 15 is 0 Å². The number of carboxylic acids is 1. The lowest BCUT2D eigenvalue weighted by molar-refractivity contribution is -0.173. The molecule has 4 nitrogen and oxygen atoms in total. The van der Waals surface area contributed by atoms with E-state index in [9.17, 15) is 18.0 Å². The Balaban J connectivity index is 1.94. The fourth-order valence-electron chi connectivity index (χ4n) is 2.41. The van der Waals surface area contributed by atoms with Crippen LogP contribution in [0.1, 0.15) is 32.1 Å². The van der Waals surface area contributed by atoms with Gasteiger partial charge in [0.2, 0.25) is 0 Å². The van der Waals surface area contributed by atoms with Crippen LogP contribution >= 0.6 is 0 Å². The molecule has 1 fully saturated rings. The summed E-state index contributed by atoms with van der Waals surface area (Å²) in [5.41, 5.74) is 0. The number of rotatable bonds is 8. The van der Waals surface area contributed by atoms with Crippen LogP contribution in [0.2, 0.25) is 0 Å². The first-order valence-corrected chi connectivity index (χ1v) is 6.96. The molecule has 0 atom stereocenters. The lowest BCUT2D eigenvalue weighted by atomic mass is 9.82. The zero-order valence-corrected chi connectivity index (χ0v) is 11.4. The smallest absolute Gasteiger partial charge is 0.411 e. The monoisotopic (exact) mass is 297 g/mol. The molecule has 0 aromatic rings.